The molecule has 6 heteroatoms. The van der Waals surface area contributed by atoms with Gasteiger partial charge in [0, 0.05) is 17.6 Å². The van der Waals surface area contributed by atoms with Crippen LogP contribution in [0.2, 0.25) is 0 Å². The lowest BCUT2D eigenvalue weighted by Crippen LogP contribution is -2.23. The van der Waals surface area contributed by atoms with E-state index >= 15 is 0 Å². The first-order valence-electron chi connectivity index (χ1n) is 8.50. The van der Waals surface area contributed by atoms with Crippen molar-refractivity contribution < 1.29 is 0 Å². The Balaban J connectivity index is 0.00000243. The van der Waals surface area contributed by atoms with E-state index < -0.39 is 0 Å². The zero-order valence-corrected chi connectivity index (χ0v) is 17.1. The van der Waals surface area contributed by atoms with Crippen LogP contribution in [0.5, 0.6) is 0 Å². The second-order valence-electron chi connectivity index (χ2n) is 5.76. The summed E-state index contributed by atoms with van der Waals surface area (Å²) < 4.78 is 0. The van der Waals surface area contributed by atoms with E-state index in [4.69, 9.17) is 5.73 Å². The van der Waals surface area contributed by atoms with Gasteiger partial charge >= 0.3 is 0 Å². The van der Waals surface area contributed by atoms with Crippen LogP contribution < -0.4 is 16.4 Å². The zero-order chi connectivity index (χ0) is 17.5. The fraction of sp³-hybridized carbons (Fsp3) is 0.200. The molecule has 4 N–H and O–H groups in total. The molecule has 0 spiro atoms. The summed E-state index contributed by atoms with van der Waals surface area (Å²) in [4.78, 5) is 8.92. The highest BCUT2D eigenvalue weighted by Gasteiger charge is 1.98. The molecule has 0 bridgehead atoms. The number of anilines is 2. The fourth-order valence-corrected chi connectivity index (χ4v) is 2.58. The largest absolute Gasteiger partial charge is 0.370 e. The van der Waals surface area contributed by atoms with Crippen molar-refractivity contribution in [1.82, 2.24) is 4.98 Å². The topological polar surface area (TPSA) is 75.3 Å². The number of halogens is 1. The van der Waals surface area contributed by atoms with Gasteiger partial charge in [-0.05, 0) is 42.3 Å². The van der Waals surface area contributed by atoms with Gasteiger partial charge in [0.25, 0.3) is 0 Å². The number of pyridine rings is 1. The number of rotatable bonds is 6. The summed E-state index contributed by atoms with van der Waals surface area (Å²) >= 11 is 0. The van der Waals surface area contributed by atoms with Crippen molar-refractivity contribution in [3.05, 3.63) is 66.2 Å². The Bertz CT molecular complexity index is 879. The number of hydrogen-bond donors (Lipinski definition) is 3. The first-order chi connectivity index (χ1) is 12.2. The third kappa shape index (κ3) is 5.59. The molecule has 0 unspecified atom stereocenters. The Kier molecular flexibility index (Phi) is 7.65. The van der Waals surface area contributed by atoms with Gasteiger partial charge in [0.05, 0.1) is 12.1 Å². The third-order valence-corrected chi connectivity index (χ3v) is 3.91. The molecule has 0 atom stereocenters. The molecule has 136 valence electrons. The standard InChI is InChI=1S/C20H23N5.HI/c1-2-15-6-5-8-17(14-15)24-20(21)23-13-12-22-19-11-10-16-7-3-4-9-18(16)25-19;/h3-11,14H,2,12-13H2,1H3,(H,22,25)(H3,21,23,24);1H. The molecule has 26 heavy (non-hydrogen) atoms. The number of nitrogens with two attached hydrogens (primary N) is 1. The minimum Gasteiger partial charge on any atom is -0.370 e. The van der Waals surface area contributed by atoms with E-state index in [2.05, 4.69) is 51.8 Å². The SMILES string of the molecule is CCc1cccc(NC(N)=NCCNc2ccc3ccccc3n2)c1.I. The molecule has 2 aromatic carbocycles. The molecule has 3 rings (SSSR count). The molecule has 0 fully saturated rings. The second kappa shape index (κ2) is 9.96. The van der Waals surface area contributed by atoms with E-state index in [9.17, 15) is 0 Å². The Morgan fingerprint density at radius 2 is 1.92 bits per heavy atom. The molecule has 3 aromatic rings. The highest BCUT2D eigenvalue weighted by Crippen LogP contribution is 2.14. The molecule has 0 saturated carbocycles. The van der Waals surface area contributed by atoms with Crippen LogP contribution in [0, 0.1) is 0 Å². The average Bonchev–Trinajstić information content (AvgIpc) is 2.65. The van der Waals surface area contributed by atoms with Crippen LogP contribution in [-0.2, 0) is 6.42 Å². The lowest BCUT2D eigenvalue weighted by molar-refractivity contribution is 1.01. The number of aryl methyl sites for hydroxylation is 1. The number of para-hydroxylation sites is 1. The predicted octanol–water partition coefficient (Wildman–Crippen LogP) is 4.25. The minimum atomic E-state index is 0. The summed E-state index contributed by atoms with van der Waals surface area (Å²) in [5, 5.41) is 7.53. The van der Waals surface area contributed by atoms with E-state index in [-0.39, 0.29) is 24.0 Å². The summed E-state index contributed by atoms with van der Waals surface area (Å²) in [5.74, 6) is 1.26. The number of hydrogen-bond acceptors (Lipinski definition) is 3. The molecule has 1 aromatic heterocycles. The molecule has 0 aliphatic rings. The molecule has 0 aliphatic carbocycles. The van der Waals surface area contributed by atoms with Crippen molar-refractivity contribution in [2.24, 2.45) is 10.7 Å². The average molecular weight is 461 g/mol. The number of aliphatic imine (C=N–C) groups is 1. The number of guanidine groups is 1. The van der Waals surface area contributed by atoms with Crippen LogP contribution in [0.4, 0.5) is 11.5 Å². The summed E-state index contributed by atoms with van der Waals surface area (Å²) in [6.07, 6.45) is 0.995. The van der Waals surface area contributed by atoms with Crippen LogP contribution >= 0.6 is 24.0 Å². The highest BCUT2D eigenvalue weighted by atomic mass is 127. The summed E-state index contributed by atoms with van der Waals surface area (Å²) in [7, 11) is 0. The summed E-state index contributed by atoms with van der Waals surface area (Å²) in [6.45, 7) is 3.37. The van der Waals surface area contributed by atoms with Gasteiger partial charge in [-0.15, -0.1) is 24.0 Å². The van der Waals surface area contributed by atoms with Gasteiger partial charge in [-0.3, -0.25) is 4.99 Å². The van der Waals surface area contributed by atoms with Crippen molar-refractivity contribution in [3.63, 3.8) is 0 Å². The maximum Gasteiger partial charge on any atom is 0.193 e. The molecule has 1 heterocycles. The Morgan fingerprint density at radius 3 is 2.77 bits per heavy atom. The lowest BCUT2D eigenvalue weighted by Gasteiger charge is -2.08. The Labute approximate surface area is 171 Å². The van der Waals surface area contributed by atoms with E-state index in [1.54, 1.807) is 0 Å². The van der Waals surface area contributed by atoms with Gasteiger partial charge in [0.15, 0.2) is 5.96 Å². The lowest BCUT2D eigenvalue weighted by atomic mass is 10.1. The van der Waals surface area contributed by atoms with E-state index in [1.165, 1.54) is 5.56 Å². The molecule has 5 nitrogen and oxygen atoms in total. The number of fused-ring (bicyclic) bond motifs is 1. The van der Waals surface area contributed by atoms with Gasteiger partial charge in [-0.1, -0.05) is 37.3 Å². The monoisotopic (exact) mass is 461 g/mol. The van der Waals surface area contributed by atoms with Gasteiger partial charge in [-0.2, -0.15) is 0 Å². The van der Waals surface area contributed by atoms with Crippen molar-refractivity contribution >= 4 is 52.3 Å². The van der Waals surface area contributed by atoms with Crippen molar-refractivity contribution in [2.45, 2.75) is 13.3 Å². The van der Waals surface area contributed by atoms with Gasteiger partial charge in [0.1, 0.15) is 5.82 Å². The van der Waals surface area contributed by atoms with E-state index in [1.807, 2.05) is 36.4 Å². The first-order valence-corrected chi connectivity index (χ1v) is 8.50. The molecule has 0 saturated heterocycles. The van der Waals surface area contributed by atoms with E-state index in [0.29, 0.717) is 19.0 Å². The molecule has 0 radical (unpaired) electrons. The minimum absolute atomic E-state index is 0. The number of nitrogens with one attached hydrogen (secondary N) is 2. The van der Waals surface area contributed by atoms with E-state index in [0.717, 1.165) is 28.8 Å². The van der Waals surface area contributed by atoms with Crippen LogP contribution in [0.25, 0.3) is 10.9 Å². The highest BCUT2D eigenvalue weighted by molar-refractivity contribution is 14.0. The Morgan fingerprint density at radius 1 is 1.08 bits per heavy atom. The van der Waals surface area contributed by atoms with Crippen molar-refractivity contribution in [2.75, 3.05) is 23.7 Å². The quantitative estimate of drug-likeness (QED) is 0.222. The van der Waals surface area contributed by atoms with Crippen LogP contribution in [0.3, 0.4) is 0 Å². The van der Waals surface area contributed by atoms with Gasteiger partial charge < -0.3 is 16.4 Å². The van der Waals surface area contributed by atoms with Crippen LogP contribution in [-0.4, -0.2) is 24.0 Å². The first kappa shape index (κ1) is 20.0. The Hall–Kier alpha value is -2.35. The summed E-state index contributed by atoms with van der Waals surface area (Å²) in [6, 6.07) is 20.3. The molecule has 0 aliphatic heterocycles. The number of aromatic nitrogens is 1. The number of benzene rings is 2. The fourth-order valence-electron chi connectivity index (χ4n) is 2.58. The maximum absolute atomic E-state index is 5.95. The molecule has 0 amide bonds. The number of nitrogens with zero attached hydrogens (tertiary/aromatic N) is 2. The summed E-state index contributed by atoms with van der Waals surface area (Å²) in [5.41, 5.74) is 9.15. The normalized spacial score (nSPS) is 11.0. The van der Waals surface area contributed by atoms with Gasteiger partial charge in [-0.25, -0.2) is 4.98 Å². The smallest absolute Gasteiger partial charge is 0.193 e. The predicted molar refractivity (Wildman–Crippen MR) is 122 cm³/mol. The third-order valence-electron chi connectivity index (χ3n) is 3.91. The van der Waals surface area contributed by atoms with Gasteiger partial charge in [0.2, 0.25) is 0 Å². The van der Waals surface area contributed by atoms with Crippen LogP contribution in [0.1, 0.15) is 12.5 Å². The maximum atomic E-state index is 5.95. The van der Waals surface area contributed by atoms with Crippen molar-refractivity contribution in [3.8, 4) is 0 Å². The second-order valence-corrected chi connectivity index (χ2v) is 5.76. The van der Waals surface area contributed by atoms with Crippen molar-refractivity contribution in [1.29, 1.82) is 0 Å². The molecular formula is C20H24IN5. The molecular weight excluding hydrogens is 437 g/mol. The van der Waals surface area contributed by atoms with Crippen LogP contribution in [0.15, 0.2) is 65.7 Å². The zero-order valence-electron chi connectivity index (χ0n) is 14.8.